The monoisotopic (exact) mass is 503 g/mol. The number of fused-ring (bicyclic) bond motifs is 2. The number of hydrogen-bond acceptors (Lipinski definition) is 10. The molecule has 0 unspecified atom stereocenters. The van der Waals surface area contributed by atoms with Crippen LogP contribution in [0.4, 0.5) is 11.5 Å². The molecule has 13 nitrogen and oxygen atoms in total. The molecule has 2 aromatic carbocycles. The number of nitro groups is 1. The molecule has 0 aliphatic carbocycles. The average Bonchev–Trinajstić information content (AvgIpc) is 3.24. The van der Waals surface area contributed by atoms with E-state index in [1.807, 2.05) is 6.07 Å². The molecule has 0 aliphatic rings. The van der Waals surface area contributed by atoms with Crippen molar-refractivity contribution in [2.45, 2.75) is 4.90 Å². The van der Waals surface area contributed by atoms with Crippen molar-refractivity contribution in [3.63, 3.8) is 0 Å². The smallest absolute Gasteiger partial charge is 0.269 e. The minimum Gasteiger partial charge on any atom is -0.506 e. The molecule has 5 aromatic rings. The average molecular weight is 503 g/mol. The number of phenolic OH excluding ortho intramolecular Hbond substituents is 1. The van der Waals surface area contributed by atoms with Gasteiger partial charge in [-0.2, -0.15) is 5.26 Å². The Morgan fingerprint density at radius 3 is 2.64 bits per heavy atom. The highest BCUT2D eigenvalue weighted by atomic mass is 32.2. The highest BCUT2D eigenvalue weighted by Crippen LogP contribution is 2.36. The molecule has 0 saturated heterocycles. The Hall–Kier alpha value is -5.29. The van der Waals surface area contributed by atoms with Gasteiger partial charge < -0.3 is 9.52 Å². The molecule has 0 saturated carbocycles. The highest BCUT2D eigenvalue weighted by Gasteiger charge is 2.25. The number of rotatable bonds is 5. The van der Waals surface area contributed by atoms with Crippen LogP contribution in [0.5, 0.6) is 5.75 Å². The van der Waals surface area contributed by atoms with E-state index in [0.29, 0.717) is 5.56 Å². The van der Waals surface area contributed by atoms with E-state index < -0.39 is 20.5 Å². The van der Waals surface area contributed by atoms with Crippen LogP contribution in [0.2, 0.25) is 0 Å². The van der Waals surface area contributed by atoms with E-state index in [-0.39, 0.29) is 55.3 Å². The molecule has 36 heavy (non-hydrogen) atoms. The summed E-state index contributed by atoms with van der Waals surface area (Å²) in [6.45, 7) is 0. The Morgan fingerprint density at radius 2 is 1.94 bits per heavy atom. The number of sulfonamides is 1. The third-order valence-electron chi connectivity index (χ3n) is 5.37. The fraction of sp³-hybridized carbons (Fsp3) is 0. The van der Waals surface area contributed by atoms with Gasteiger partial charge in [-0.05, 0) is 42.0 Å². The number of non-ortho nitro benzene ring substituents is 1. The van der Waals surface area contributed by atoms with Gasteiger partial charge in [-0.1, -0.05) is 0 Å². The van der Waals surface area contributed by atoms with E-state index in [0.717, 1.165) is 0 Å². The van der Waals surface area contributed by atoms with E-state index in [1.54, 1.807) is 0 Å². The third-order valence-corrected chi connectivity index (χ3v) is 6.78. The number of nitriles is 1. The normalized spacial score (nSPS) is 11.4. The number of nitrogens with one attached hydrogen (secondary N) is 3. The number of aromatic nitrogens is 3. The summed E-state index contributed by atoms with van der Waals surface area (Å²) in [5.41, 5.74) is -0.618. The first-order chi connectivity index (χ1) is 17.2. The second-order valence-corrected chi connectivity index (χ2v) is 9.11. The summed E-state index contributed by atoms with van der Waals surface area (Å²) in [6.07, 6.45) is 1.41. The molecule has 0 spiro atoms. The van der Waals surface area contributed by atoms with Gasteiger partial charge in [0, 0.05) is 29.3 Å². The zero-order valence-corrected chi connectivity index (χ0v) is 18.7. The van der Waals surface area contributed by atoms with Gasteiger partial charge in [-0.3, -0.25) is 30.3 Å². The molecule has 4 N–H and O–H groups in total. The SMILES string of the molecule is N#Cc1c(-c2ccc([N+](=O)[O-])cc2)c2c(NS(=O)(=O)c3ccc(O)c4ncccc34)[nH]nc2oc1=N. The van der Waals surface area contributed by atoms with Gasteiger partial charge >= 0.3 is 0 Å². The van der Waals surface area contributed by atoms with Crippen molar-refractivity contribution in [3.05, 3.63) is 76.0 Å². The van der Waals surface area contributed by atoms with Crippen molar-refractivity contribution < 1.29 is 22.9 Å². The summed E-state index contributed by atoms with van der Waals surface area (Å²) in [5, 5.41) is 45.6. The maximum atomic E-state index is 13.4. The van der Waals surface area contributed by atoms with Gasteiger partial charge in [-0.25, -0.2) is 8.42 Å². The molecule has 0 fully saturated rings. The molecular weight excluding hydrogens is 490 g/mol. The topological polar surface area (TPSA) is 212 Å². The van der Waals surface area contributed by atoms with Crippen molar-refractivity contribution in [3.8, 4) is 22.9 Å². The second kappa shape index (κ2) is 8.18. The number of aromatic hydroxyl groups is 1. The highest BCUT2D eigenvalue weighted by molar-refractivity contribution is 7.93. The standard InChI is InChI=1S/C22H13N7O6S/c23-10-14-17(11-3-5-12(6-4-11)29(31)32)18-21(26-27-22(18)35-20(14)24)28-36(33,34)16-8-7-15(30)19-13(16)2-1-9-25-19/h1-9,24,30H,(H2,26,27,28). The van der Waals surface area contributed by atoms with Gasteiger partial charge in [0.25, 0.3) is 15.7 Å². The maximum Gasteiger partial charge on any atom is 0.269 e. The van der Waals surface area contributed by atoms with Gasteiger partial charge in [0.05, 0.1) is 15.2 Å². The molecule has 5 rings (SSSR count). The molecular formula is C22H13N7O6S. The van der Waals surface area contributed by atoms with E-state index in [4.69, 9.17) is 9.83 Å². The lowest BCUT2D eigenvalue weighted by atomic mass is 9.99. The number of nitrogens with zero attached hydrogens (tertiary/aromatic N) is 4. The van der Waals surface area contributed by atoms with E-state index in [9.17, 15) is 28.9 Å². The van der Waals surface area contributed by atoms with Crippen LogP contribution in [0.3, 0.4) is 0 Å². The first kappa shape index (κ1) is 22.5. The molecule has 0 bridgehead atoms. The van der Waals surface area contributed by atoms with Crippen LogP contribution < -0.4 is 10.3 Å². The largest absolute Gasteiger partial charge is 0.506 e. The minimum absolute atomic E-state index is 0.0428. The maximum absolute atomic E-state index is 13.4. The van der Waals surface area contributed by atoms with Crippen LogP contribution in [0.15, 0.2) is 64.0 Å². The fourth-order valence-corrected chi connectivity index (χ4v) is 5.02. The van der Waals surface area contributed by atoms with Crippen molar-refractivity contribution in [2.24, 2.45) is 0 Å². The number of phenols is 1. The third kappa shape index (κ3) is 3.56. The Balaban J connectivity index is 1.72. The predicted molar refractivity (Wildman–Crippen MR) is 125 cm³/mol. The Morgan fingerprint density at radius 1 is 1.19 bits per heavy atom. The summed E-state index contributed by atoms with van der Waals surface area (Å²) in [6, 6.07) is 12.5. The first-order valence-corrected chi connectivity index (χ1v) is 11.5. The number of nitro benzene ring substituents is 1. The molecule has 3 heterocycles. The Kier molecular flexibility index (Phi) is 5.11. The molecule has 178 valence electrons. The summed E-state index contributed by atoms with van der Waals surface area (Å²) in [5.74, 6) is -0.360. The number of H-pyrrole nitrogens is 1. The Labute approximate surface area is 201 Å². The number of benzene rings is 2. The predicted octanol–water partition coefficient (Wildman–Crippen LogP) is 3.14. The quantitative estimate of drug-likeness (QED) is 0.204. The minimum atomic E-state index is -4.30. The summed E-state index contributed by atoms with van der Waals surface area (Å²) < 4.78 is 34.5. The number of hydrogen-bond donors (Lipinski definition) is 4. The fourth-order valence-electron chi connectivity index (χ4n) is 3.79. The number of aromatic amines is 1. The summed E-state index contributed by atoms with van der Waals surface area (Å²) in [4.78, 5) is 14.3. The van der Waals surface area contributed by atoms with Crippen LogP contribution in [0.1, 0.15) is 5.56 Å². The van der Waals surface area contributed by atoms with Crippen molar-refractivity contribution in [2.75, 3.05) is 4.72 Å². The van der Waals surface area contributed by atoms with Crippen LogP contribution >= 0.6 is 0 Å². The van der Waals surface area contributed by atoms with Crippen molar-refractivity contribution in [1.82, 2.24) is 15.2 Å². The first-order valence-electron chi connectivity index (χ1n) is 10.1. The lowest BCUT2D eigenvalue weighted by molar-refractivity contribution is -0.384. The van der Waals surface area contributed by atoms with Gasteiger partial charge in [0.15, 0.2) is 0 Å². The zero-order chi connectivity index (χ0) is 25.6. The van der Waals surface area contributed by atoms with Crippen LogP contribution in [0, 0.1) is 26.9 Å². The van der Waals surface area contributed by atoms with Crippen LogP contribution in [-0.2, 0) is 10.0 Å². The van der Waals surface area contributed by atoms with Crippen LogP contribution in [-0.4, -0.2) is 33.6 Å². The lowest BCUT2D eigenvalue weighted by Crippen LogP contribution is -2.14. The molecule has 0 aliphatic heterocycles. The molecule has 14 heteroatoms. The Bertz CT molecular complexity index is 1900. The van der Waals surface area contributed by atoms with E-state index in [2.05, 4.69) is 19.9 Å². The molecule has 3 aromatic heterocycles. The molecule has 0 atom stereocenters. The zero-order valence-electron chi connectivity index (χ0n) is 17.9. The van der Waals surface area contributed by atoms with Gasteiger partial charge in [0.2, 0.25) is 11.3 Å². The van der Waals surface area contributed by atoms with Crippen molar-refractivity contribution in [1.29, 1.82) is 10.7 Å². The summed E-state index contributed by atoms with van der Waals surface area (Å²) >= 11 is 0. The lowest BCUT2D eigenvalue weighted by Gasteiger charge is -2.11. The number of anilines is 1. The van der Waals surface area contributed by atoms with Crippen molar-refractivity contribution >= 4 is 43.5 Å². The van der Waals surface area contributed by atoms with Crippen LogP contribution in [0.25, 0.3) is 33.1 Å². The summed E-state index contributed by atoms with van der Waals surface area (Å²) in [7, 11) is -4.30. The van der Waals surface area contributed by atoms with Gasteiger partial charge in [0.1, 0.15) is 28.7 Å². The van der Waals surface area contributed by atoms with E-state index in [1.165, 1.54) is 54.7 Å². The molecule has 0 amide bonds. The van der Waals surface area contributed by atoms with Gasteiger partial charge in [-0.15, -0.1) is 5.10 Å². The molecule has 0 radical (unpaired) electrons. The number of pyridine rings is 1. The van der Waals surface area contributed by atoms with E-state index >= 15 is 0 Å². The second-order valence-electron chi connectivity index (χ2n) is 7.46.